The van der Waals surface area contributed by atoms with E-state index >= 15 is 0 Å². The maximum atomic E-state index is 4.68. The fourth-order valence-corrected chi connectivity index (χ4v) is 2.57. The summed E-state index contributed by atoms with van der Waals surface area (Å²) in [4.78, 5) is 11.3. The van der Waals surface area contributed by atoms with E-state index in [1.54, 1.807) is 0 Å². The van der Waals surface area contributed by atoms with Gasteiger partial charge in [0.2, 0.25) is 5.95 Å². The number of hydrogen-bond donors (Lipinski definition) is 1. The lowest BCUT2D eigenvalue weighted by Gasteiger charge is -2.19. The van der Waals surface area contributed by atoms with Crippen LogP contribution in [0.3, 0.4) is 0 Å². The van der Waals surface area contributed by atoms with Gasteiger partial charge in [0.1, 0.15) is 5.82 Å². The summed E-state index contributed by atoms with van der Waals surface area (Å²) in [7, 11) is 2.01. The monoisotopic (exact) mass is 318 g/mol. The molecule has 24 heavy (non-hydrogen) atoms. The second kappa shape index (κ2) is 6.71. The Morgan fingerprint density at radius 2 is 1.62 bits per heavy atom. The number of nitrogens with one attached hydrogen (secondary N) is 1. The molecule has 0 aliphatic heterocycles. The molecule has 1 aromatic heterocycles. The number of anilines is 4. The number of rotatable bonds is 4. The summed E-state index contributed by atoms with van der Waals surface area (Å²) in [6.07, 6.45) is 0. The summed E-state index contributed by atoms with van der Waals surface area (Å²) in [5, 5.41) is 3.35. The molecule has 0 aliphatic rings. The molecule has 1 N–H and O–H groups in total. The molecule has 4 nitrogen and oxygen atoms in total. The Kier molecular flexibility index (Phi) is 4.47. The SMILES string of the molecule is Cc1cc(N(C)c2ccccc2)nc(Nc2cccc(C)c2C)n1. The highest BCUT2D eigenvalue weighted by atomic mass is 15.2. The first kappa shape index (κ1) is 16.0. The topological polar surface area (TPSA) is 41.1 Å². The van der Waals surface area contributed by atoms with Gasteiger partial charge in [-0.2, -0.15) is 4.98 Å². The first-order valence-corrected chi connectivity index (χ1v) is 8.02. The summed E-state index contributed by atoms with van der Waals surface area (Å²) in [6, 6.07) is 18.4. The van der Waals surface area contributed by atoms with E-state index in [4.69, 9.17) is 0 Å². The molecule has 0 aliphatic carbocycles. The van der Waals surface area contributed by atoms with Crippen LogP contribution in [0.2, 0.25) is 0 Å². The minimum absolute atomic E-state index is 0.612. The van der Waals surface area contributed by atoms with Crippen molar-refractivity contribution in [1.29, 1.82) is 0 Å². The van der Waals surface area contributed by atoms with Gasteiger partial charge in [0.25, 0.3) is 0 Å². The van der Waals surface area contributed by atoms with Crippen molar-refractivity contribution in [3.63, 3.8) is 0 Å². The first-order chi connectivity index (χ1) is 11.5. The fourth-order valence-electron chi connectivity index (χ4n) is 2.57. The van der Waals surface area contributed by atoms with Gasteiger partial charge in [-0.05, 0) is 50.1 Å². The van der Waals surface area contributed by atoms with Gasteiger partial charge in [0, 0.05) is 30.2 Å². The Hall–Kier alpha value is -2.88. The molecule has 122 valence electrons. The molecular weight excluding hydrogens is 296 g/mol. The predicted molar refractivity (Wildman–Crippen MR) is 100 cm³/mol. The van der Waals surface area contributed by atoms with Gasteiger partial charge < -0.3 is 10.2 Å². The van der Waals surface area contributed by atoms with E-state index in [9.17, 15) is 0 Å². The van der Waals surface area contributed by atoms with E-state index in [0.29, 0.717) is 5.95 Å². The number of aryl methyl sites for hydroxylation is 2. The Morgan fingerprint density at radius 1 is 0.875 bits per heavy atom. The van der Waals surface area contributed by atoms with Crippen molar-refractivity contribution >= 4 is 23.1 Å². The van der Waals surface area contributed by atoms with E-state index in [2.05, 4.69) is 58.3 Å². The van der Waals surface area contributed by atoms with Crippen LogP contribution in [-0.2, 0) is 0 Å². The molecular formula is C20H22N4. The highest BCUT2D eigenvalue weighted by Crippen LogP contribution is 2.25. The highest BCUT2D eigenvalue weighted by Gasteiger charge is 2.10. The van der Waals surface area contributed by atoms with E-state index in [1.807, 2.05) is 44.3 Å². The molecule has 4 heteroatoms. The van der Waals surface area contributed by atoms with Crippen LogP contribution in [0.1, 0.15) is 16.8 Å². The smallest absolute Gasteiger partial charge is 0.229 e. The van der Waals surface area contributed by atoms with E-state index in [0.717, 1.165) is 22.9 Å². The van der Waals surface area contributed by atoms with Crippen LogP contribution in [0.4, 0.5) is 23.1 Å². The zero-order valence-corrected chi connectivity index (χ0v) is 14.5. The molecule has 0 saturated carbocycles. The van der Waals surface area contributed by atoms with Crippen molar-refractivity contribution < 1.29 is 0 Å². The number of nitrogens with zero attached hydrogens (tertiary/aromatic N) is 3. The normalized spacial score (nSPS) is 10.5. The van der Waals surface area contributed by atoms with Crippen molar-refractivity contribution in [2.75, 3.05) is 17.3 Å². The third-order valence-electron chi connectivity index (χ3n) is 4.18. The highest BCUT2D eigenvalue weighted by molar-refractivity contribution is 5.64. The molecule has 3 aromatic rings. The average Bonchev–Trinajstić information content (AvgIpc) is 2.58. The maximum absolute atomic E-state index is 4.68. The van der Waals surface area contributed by atoms with Crippen LogP contribution in [0.5, 0.6) is 0 Å². The van der Waals surface area contributed by atoms with Crippen LogP contribution in [0, 0.1) is 20.8 Å². The molecule has 0 fully saturated rings. The molecule has 3 rings (SSSR count). The van der Waals surface area contributed by atoms with E-state index in [1.165, 1.54) is 11.1 Å². The molecule has 0 saturated heterocycles. The quantitative estimate of drug-likeness (QED) is 0.742. The van der Waals surface area contributed by atoms with Crippen LogP contribution in [-0.4, -0.2) is 17.0 Å². The Balaban J connectivity index is 1.93. The van der Waals surface area contributed by atoms with Crippen molar-refractivity contribution in [3.8, 4) is 0 Å². The Bertz CT molecular complexity index is 844. The number of para-hydroxylation sites is 1. The van der Waals surface area contributed by atoms with Gasteiger partial charge in [0.05, 0.1) is 0 Å². The molecule has 0 bridgehead atoms. The van der Waals surface area contributed by atoms with Gasteiger partial charge in [-0.1, -0.05) is 30.3 Å². The van der Waals surface area contributed by atoms with Crippen molar-refractivity contribution in [2.45, 2.75) is 20.8 Å². The van der Waals surface area contributed by atoms with Gasteiger partial charge in [-0.15, -0.1) is 0 Å². The van der Waals surface area contributed by atoms with Crippen molar-refractivity contribution in [2.24, 2.45) is 0 Å². The lowest BCUT2D eigenvalue weighted by atomic mass is 10.1. The van der Waals surface area contributed by atoms with Crippen LogP contribution < -0.4 is 10.2 Å². The minimum Gasteiger partial charge on any atom is -0.329 e. The summed E-state index contributed by atoms with van der Waals surface area (Å²) < 4.78 is 0. The molecule has 0 atom stereocenters. The van der Waals surface area contributed by atoms with Crippen molar-refractivity contribution in [1.82, 2.24) is 9.97 Å². The zero-order valence-electron chi connectivity index (χ0n) is 14.5. The van der Waals surface area contributed by atoms with Crippen LogP contribution >= 0.6 is 0 Å². The van der Waals surface area contributed by atoms with Gasteiger partial charge >= 0.3 is 0 Å². The second-order valence-electron chi connectivity index (χ2n) is 5.96. The van der Waals surface area contributed by atoms with Gasteiger partial charge in [-0.3, -0.25) is 0 Å². The number of hydrogen-bond acceptors (Lipinski definition) is 4. The lowest BCUT2D eigenvalue weighted by molar-refractivity contribution is 1.05. The van der Waals surface area contributed by atoms with E-state index < -0.39 is 0 Å². The summed E-state index contributed by atoms with van der Waals surface area (Å²) in [5.41, 5.74) is 5.51. The molecule has 0 radical (unpaired) electrons. The summed E-state index contributed by atoms with van der Waals surface area (Å²) in [5.74, 6) is 1.47. The summed E-state index contributed by atoms with van der Waals surface area (Å²) >= 11 is 0. The maximum Gasteiger partial charge on any atom is 0.229 e. The van der Waals surface area contributed by atoms with Crippen molar-refractivity contribution in [3.05, 3.63) is 71.4 Å². The fraction of sp³-hybridized carbons (Fsp3) is 0.200. The largest absolute Gasteiger partial charge is 0.329 e. The number of aromatic nitrogens is 2. The van der Waals surface area contributed by atoms with Gasteiger partial charge in [0.15, 0.2) is 0 Å². The standard InChI is InChI=1S/C20H22N4/c1-14-9-8-12-18(16(14)3)22-20-21-15(2)13-19(23-20)24(4)17-10-6-5-7-11-17/h5-13H,1-4H3,(H,21,22,23). The second-order valence-corrected chi connectivity index (χ2v) is 5.96. The lowest BCUT2D eigenvalue weighted by Crippen LogP contribution is -2.13. The zero-order chi connectivity index (χ0) is 17.1. The molecule has 1 heterocycles. The average molecular weight is 318 g/mol. The molecule has 0 unspecified atom stereocenters. The Labute approximate surface area is 143 Å². The third-order valence-corrected chi connectivity index (χ3v) is 4.18. The third kappa shape index (κ3) is 3.38. The first-order valence-electron chi connectivity index (χ1n) is 8.02. The van der Waals surface area contributed by atoms with Gasteiger partial charge in [-0.25, -0.2) is 4.98 Å². The predicted octanol–water partition coefficient (Wildman–Crippen LogP) is 4.91. The molecule has 2 aromatic carbocycles. The molecule has 0 spiro atoms. The van der Waals surface area contributed by atoms with E-state index in [-0.39, 0.29) is 0 Å². The summed E-state index contributed by atoms with van der Waals surface area (Å²) in [6.45, 7) is 6.19. The minimum atomic E-state index is 0.612. The Morgan fingerprint density at radius 3 is 2.38 bits per heavy atom. The van der Waals surface area contributed by atoms with Crippen LogP contribution in [0.25, 0.3) is 0 Å². The van der Waals surface area contributed by atoms with Crippen LogP contribution in [0.15, 0.2) is 54.6 Å². The molecule has 0 amide bonds. The number of benzene rings is 2.